The maximum atomic E-state index is 13.3. The zero-order valence-electron chi connectivity index (χ0n) is 46.0. The van der Waals surface area contributed by atoms with Gasteiger partial charge in [-0.1, -0.05) is 250 Å². The maximum Gasteiger partial charge on any atom is 0.247 e. The smallest absolute Gasteiger partial charge is 0.247 e. The van der Waals surface area contributed by atoms with Crippen LogP contribution >= 0.6 is 11.8 Å². The largest absolute Gasteiger partial charge is 0.390 e. The molecule has 2 saturated heterocycles. The van der Waals surface area contributed by atoms with Crippen LogP contribution in [0.15, 0.2) is 30.3 Å². The SMILES string of the molecule is CCCCCCCCCCCCCCCCCCCCCCCCCC(=O)N[C@@H](CO[C@H]1O[C@H](CSC2CC(=O)N(c3ccccc3)C2=O)[C@H](O)[C@H](O)[C@H]1O)[C@H](O)[C@H](O)CCCCCCCCCCCCCC. The zero-order chi connectivity index (χ0) is 52.7. The van der Waals surface area contributed by atoms with Gasteiger partial charge >= 0.3 is 0 Å². The third-order valence-electron chi connectivity index (χ3n) is 15.2. The molecule has 0 radical (unpaired) electrons. The first-order chi connectivity index (χ1) is 35.6. The summed E-state index contributed by atoms with van der Waals surface area (Å²) < 4.78 is 11.9. The van der Waals surface area contributed by atoms with Crippen LogP contribution < -0.4 is 10.2 Å². The van der Waals surface area contributed by atoms with E-state index in [1.807, 2.05) is 0 Å². The molecule has 0 bridgehead atoms. The van der Waals surface area contributed by atoms with E-state index in [4.69, 9.17) is 9.47 Å². The van der Waals surface area contributed by atoms with Crippen LogP contribution in [0.25, 0.3) is 0 Å². The number of rotatable bonds is 47. The molecular weight excluding hydrogens is 941 g/mol. The molecular formula is C60H106N2O10S. The fourth-order valence-corrected chi connectivity index (χ4v) is 11.6. The highest BCUT2D eigenvalue weighted by Crippen LogP contribution is 2.33. The van der Waals surface area contributed by atoms with E-state index in [0.29, 0.717) is 18.5 Å². The van der Waals surface area contributed by atoms with Crippen molar-refractivity contribution in [1.82, 2.24) is 5.32 Å². The Labute approximate surface area is 447 Å². The normalized spacial score (nSPS) is 21.5. The number of nitrogens with zero attached hydrogens (tertiary/aromatic N) is 1. The van der Waals surface area contributed by atoms with E-state index in [0.717, 1.165) is 61.6 Å². The Morgan fingerprint density at radius 3 is 1.49 bits per heavy atom. The van der Waals surface area contributed by atoms with Crippen LogP contribution in [0.5, 0.6) is 0 Å². The van der Waals surface area contributed by atoms with Gasteiger partial charge in [0.1, 0.15) is 24.4 Å². The van der Waals surface area contributed by atoms with Gasteiger partial charge in [-0.2, -0.15) is 0 Å². The zero-order valence-corrected chi connectivity index (χ0v) is 46.8. The van der Waals surface area contributed by atoms with Crippen molar-refractivity contribution in [2.45, 2.75) is 312 Å². The number of benzene rings is 1. The molecule has 2 aliphatic rings. The van der Waals surface area contributed by atoms with Gasteiger partial charge in [0.05, 0.1) is 35.8 Å². The fourth-order valence-electron chi connectivity index (χ4n) is 10.4. The van der Waals surface area contributed by atoms with Crippen molar-refractivity contribution in [3.8, 4) is 0 Å². The Balaban J connectivity index is 1.37. The lowest BCUT2D eigenvalue weighted by Crippen LogP contribution is -2.60. The molecule has 1 aromatic carbocycles. The molecule has 3 amide bonds. The van der Waals surface area contributed by atoms with Gasteiger partial charge in [0.25, 0.3) is 0 Å². The molecule has 0 spiro atoms. The number of nitrogens with one attached hydrogen (secondary N) is 1. The number of carbonyl (C=O) groups is 3. The molecule has 1 aromatic rings. The van der Waals surface area contributed by atoms with Crippen molar-refractivity contribution in [2.24, 2.45) is 0 Å². The summed E-state index contributed by atoms with van der Waals surface area (Å²) in [5.74, 6) is -0.986. The van der Waals surface area contributed by atoms with Crippen LogP contribution in [0.1, 0.15) is 258 Å². The first kappa shape index (κ1) is 65.2. The summed E-state index contributed by atoms with van der Waals surface area (Å²) in [5.41, 5.74) is 0.478. The van der Waals surface area contributed by atoms with Crippen LogP contribution in [0.3, 0.4) is 0 Å². The molecule has 0 saturated carbocycles. The highest BCUT2D eigenvalue weighted by atomic mass is 32.2. The number of amides is 3. The van der Waals surface area contributed by atoms with Gasteiger partial charge in [-0.25, -0.2) is 4.90 Å². The van der Waals surface area contributed by atoms with E-state index in [1.54, 1.807) is 30.3 Å². The number of hydrogen-bond donors (Lipinski definition) is 6. The Bertz CT molecular complexity index is 1530. The fraction of sp³-hybridized carbons (Fsp3) is 0.850. The summed E-state index contributed by atoms with van der Waals surface area (Å²) >= 11 is 1.12. The van der Waals surface area contributed by atoms with Gasteiger partial charge < -0.3 is 40.3 Å². The van der Waals surface area contributed by atoms with Gasteiger partial charge in [0.15, 0.2) is 6.29 Å². The lowest BCUT2D eigenvalue weighted by molar-refractivity contribution is -0.294. The Kier molecular flexibility index (Phi) is 37.5. The minimum absolute atomic E-state index is 0.0111. The van der Waals surface area contributed by atoms with E-state index in [9.17, 15) is 39.9 Å². The first-order valence-electron chi connectivity index (χ1n) is 30.1. The topological polar surface area (TPSA) is 186 Å². The summed E-state index contributed by atoms with van der Waals surface area (Å²) in [7, 11) is 0. The Morgan fingerprint density at radius 1 is 0.616 bits per heavy atom. The van der Waals surface area contributed by atoms with Crippen molar-refractivity contribution >= 4 is 35.2 Å². The third-order valence-corrected chi connectivity index (χ3v) is 16.5. The number of anilines is 1. The second-order valence-electron chi connectivity index (χ2n) is 21.7. The summed E-state index contributed by atoms with van der Waals surface area (Å²) in [6, 6.07) is 7.62. The van der Waals surface area contributed by atoms with Gasteiger partial charge in [-0.3, -0.25) is 14.4 Å². The van der Waals surface area contributed by atoms with Crippen molar-refractivity contribution < 1.29 is 49.4 Å². The van der Waals surface area contributed by atoms with Crippen molar-refractivity contribution in [3.05, 3.63) is 30.3 Å². The highest BCUT2D eigenvalue weighted by Gasteiger charge is 2.46. The predicted molar refractivity (Wildman–Crippen MR) is 299 cm³/mol. The molecule has 2 aliphatic heterocycles. The molecule has 13 heteroatoms. The van der Waals surface area contributed by atoms with E-state index < -0.39 is 54.2 Å². The molecule has 73 heavy (non-hydrogen) atoms. The van der Waals surface area contributed by atoms with Gasteiger partial charge in [0.2, 0.25) is 17.7 Å². The minimum Gasteiger partial charge on any atom is -0.390 e. The molecule has 422 valence electrons. The summed E-state index contributed by atoms with van der Waals surface area (Å²) in [5, 5.41) is 57.5. The van der Waals surface area contributed by atoms with E-state index >= 15 is 0 Å². The number of ether oxygens (including phenoxy) is 2. The summed E-state index contributed by atoms with van der Waals surface area (Å²) in [6.07, 6.45) is 34.6. The number of unbranched alkanes of at least 4 members (excludes halogenated alkanes) is 33. The molecule has 12 nitrogen and oxygen atoms in total. The quantitative estimate of drug-likeness (QED) is 0.0269. The monoisotopic (exact) mass is 1050 g/mol. The molecule has 9 atom stereocenters. The van der Waals surface area contributed by atoms with Gasteiger partial charge in [-0.05, 0) is 25.0 Å². The number of imide groups is 1. The van der Waals surface area contributed by atoms with Crippen molar-refractivity contribution in [3.63, 3.8) is 0 Å². The molecule has 0 aromatic heterocycles. The molecule has 1 unspecified atom stereocenters. The standard InChI is InChI=1S/C60H106N2O10S/c1-3-5-7-9-11-13-15-17-18-19-20-21-22-23-24-25-26-27-29-31-33-35-40-44-53(64)61-49(55(66)50(63)43-39-34-32-30-28-16-14-12-10-8-6-4-2)46-71-60-58(69)57(68)56(67)51(72-60)47-73-52-45-54(65)62(59(52)70)48-41-37-36-38-42-48/h36-38,41-42,49-52,55-58,60,63,66-69H,3-35,39-40,43-47H2,1-2H3,(H,61,64)/t49-,50+,51+,52?,55-,56-,57-,58+,60-/m0/s1. The van der Waals surface area contributed by atoms with Crippen molar-refractivity contribution in [1.29, 1.82) is 0 Å². The van der Waals surface area contributed by atoms with E-state index in [-0.39, 0.29) is 42.9 Å². The lowest BCUT2D eigenvalue weighted by atomic mass is 9.98. The van der Waals surface area contributed by atoms with E-state index in [1.165, 1.54) is 173 Å². The van der Waals surface area contributed by atoms with E-state index in [2.05, 4.69) is 19.2 Å². The maximum absolute atomic E-state index is 13.3. The average Bonchev–Trinajstić information content (AvgIpc) is 3.68. The first-order valence-corrected chi connectivity index (χ1v) is 31.1. The van der Waals surface area contributed by atoms with Crippen molar-refractivity contribution in [2.75, 3.05) is 17.3 Å². The summed E-state index contributed by atoms with van der Waals surface area (Å²) in [4.78, 5) is 40.5. The van der Waals surface area contributed by atoms with Gasteiger partial charge in [-0.15, -0.1) is 11.8 Å². The highest BCUT2D eigenvalue weighted by molar-refractivity contribution is 8.00. The van der Waals surface area contributed by atoms with Crippen LogP contribution in [-0.2, 0) is 23.9 Å². The third kappa shape index (κ3) is 28.2. The number of thioether (sulfide) groups is 1. The second-order valence-corrected chi connectivity index (χ2v) is 23.0. The number of aliphatic hydroxyl groups excluding tert-OH is 5. The molecule has 2 heterocycles. The average molecular weight is 1050 g/mol. The lowest BCUT2D eigenvalue weighted by Gasteiger charge is -2.41. The molecule has 2 fully saturated rings. The molecule has 6 N–H and O–H groups in total. The number of carbonyl (C=O) groups excluding carboxylic acids is 3. The predicted octanol–water partition coefficient (Wildman–Crippen LogP) is 12.6. The molecule has 0 aliphatic carbocycles. The van der Waals surface area contributed by atoms with Crippen LogP contribution in [0.2, 0.25) is 0 Å². The minimum atomic E-state index is -1.66. The number of aliphatic hydroxyl groups is 5. The Morgan fingerprint density at radius 2 is 1.04 bits per heavy atom. The number of para-hydroxylation sites is 1. The number of hydrogen-bond acceptors (Lipinski definition) is 11. The summed E-state index contributed by atoms with van der Waals surface area (Å²) in [6.45, 7) is 4.18. The Hall–Kier alpha value is -2.10. The second kappa shape index (κ2) is 42.0. The van der Waals surface area contributed by atoms with Gasteiger partial charge in [0, 0.05) is 18.6 Å². The molecule has 3 rings (SSSR count). The van der Waals surface area contributed by atoms with Crippen LogP contribution in [0.4, 0.5) is 5.69 Å². The van der Waals surface area contributed by atoms with Crippen LogP contribution in [-0.4, -0.2) is 110 Å². The van der Waals surface area contributed by atoms with Crippen LogP contribution in [0, 0.1) is 0 Å².